The molecule has 1 aliphatic rings. The Bertz CT molecular complexity index is 1150. The van der Waals surface area contributed by atoms with E-state index in [0.29, 0.717) is 28.3 Å². The standard InChI is InChI=1S/C24H26ClN5O2S2/c1-2-32-23(31)21-17-7-5-3-4-6-8-18(17)34-22(21)28-24(33)27-16-11-9-15(10-12-16)26-20-14-13-19(25)29-30-20/h9-14H,2-8H2,1H3,(H,26,30)(H2,27,28,33). The summed E-state index contributed by atoms with van der Waals surface area (Å²) in [6.45, 7) is 2.17. The second kappa shape index (κ2) is 11.6. The third-order valence-corrected chi connectivity index (χ3v) is 7.04. The van der Waals surface area contributed by atoms with Crippen LogP contribution in [0.4, 0.5) is 22.2 Å². The van der Waals surface area contributed by atoms with E-state index in [-0.39, 0.29) is 5.97 Å². The van der Waals surface area contributed by atoms with Crippen molar-refractivity contribution in [1.29, 1.82) is 0 Å². The maximum absolute atomic E-state index is 12.8. The number of hydrogen-bond acceptors (Lipinski definition) is 7. The largest absolute Gasteiger partial charge is 0.462 e. The topological polar surface area (TPSA) is 88.2 Å². The lowest BCUT2D eigenvalue weighted by Crippen LogP contribution is -2.20. The molecule has 3 aromatic rings. The minimum atomic E-state index is -0.286. The van der Waals surface area contributed by atoms with Crippen molar-refractivity contribution >= 4 is 68.4 Å². The number of rotatable bonds is 6. The fourth-order valence-corrected chi connectivity index (χ4v) is 5.53. The van der Waals surface area contributed by atoms with Crippen LogP contribution in [0.2, 0.25) is 5.15 Å². The first-order chi connectivity index (χ1) is 16.5. The molecule has 3 N–H and O–H groups in total. The fraction of sp³-hybridized carbons (Fsp3) is 0.333. The molecule has 1 aromatic carbocycles. The summed E-state index contributed by atoms with van der Waals surface area (Å²) in [5.74, 6) is 0.314. The van der Waals surface area contributed by atoms with Crippen molar-refractivity contribution in [2.24, 2.45) is 0 Å². The first-order valence-electron chi connectivity index (χ1n) is 11.3. The van der Waals surface area contributed by atoms with Crippen molar-refractivity contribution in [2.45, 2.75) is 45.4 Å². The van der Waals surface area contributed by atoms with E-state index in [9.17, 15) is 4.79 Å². The summed E-state index contributed by atoms with van der Waals surface area (Å²) in [4.78, 5) is 14.1. The van der Waals surface area contributed by atoms with Crippen molar-refractivity contribution < 1.29 is 9.53 Å². The summed E-state index contributed by atoms with van der Waals surface area (Å²) in [6, 6.07) is 11.0. The highest BCUT2D eigenvalue weighted by Crippen LogP contribution is 2.37. The average Bonchev–Trinajstić information content (AvgIpc) is 3.12. The number of aromatic nitrogens is 2. The zero-order chi connectivity index (χ0) is 23.9. The number of hydrogen-bond donors (Lipinski definition) is 3. The highest BCUT2D eigenvalue weighted by atomic mass is 35.5. The van der Waals surface area contributed by atoms with Gasteiger partial charge in [-0.15, -0.1) is 21.5 Å². The van der Waals surface area contributed by atoms with Gasteiger partial charge in [0.1, 0.15) is 5.00 Å². The van der Waals surface area contributed by atoms with Gasteiger partial charge < -0.3 is 20.7 Å². The lowest BCUT2D eigenvalue weighted by atomic mass is 9.96. The second-order valence-corrected chi connectivity index (χ2v) is 9.77. The Balaban J connectivity index is 1.45. The highest BCUT2D eigenvalue weighted by molar-refractivity contribution is 7.80. The number of thiocarbonyl (C=S) groups is 1. The summed E-state index contributed by atoms with van der Waals surface area (Å²) in [7, 11) is 0. The highest BCUT2D eigenvalue weighted by Gasteiger charge is 2.25. The smallest absolute Gasteiger partial charge is 0.341 e. The number of fused-ring (bicyclic) bond motifs is 1. The van der Waals surface area contributed by atoms with Crippen molar-refractivity contribution in [3.05, 3.63) is 57.6 Å². The minimum Gasteiger partial charge on any atom is -0.462 e. The maximum Gasteiger partial charge on any atom is 0.341 e. The van der Waals surface area contributed by atoms with Crippen LogP contribution in [0.1, 0.15) is 53.4 Å². The van der Waals surface area contributed by atoms with Crippen molar-refractivity contribution in [2.75, 3.05) is 22.6 Å². The zero-order valence-electron chi connectivity index (χ0n) is 18.8. The van der Waals surface area contributed by atoms with Gasteiger partial charge in [0, 0.05) is 16.3 Å². The lowest BCUT2D eigenvalue weighted by molar-refractivity contribution is 0.0526. The normalized spacial score (nSPS) is 13.2. The van der Waals surface area contributed by atoms with Crippen LogP contribution in [-0.2, 0) is 17.6 Å². The van der Waals surface area contributed by atoms with Gasteiger partial charge in [0.2, 0.25) is 0 Å². The molecule has 0 saturated heterocycles. The number of ether oxygens (including phenoxy) is 1. The molecule has 0 bridgehead atoms. The Kier molecular flexibility index (Phi) is 8.31. The first kappa shape index (κ1) is 24.4. The number of carbonyl (C=O) groups excluding carboxylic acids is 1. The van der Waals surface area contributed by atoms with Gasteiger partial charge >= 0.3 is 5.97 Å². The number of esters is 1. The van der Waals surface area contributed by atoms with E-state index in [0.717, 1.165) is 47.6 Å². The predicted octanol–water partition coefficient (Wildman–Crippen LogP) is 6.58. The SMILES string of the molecule is CCOC(=O)c1c(NC(=S)Nc2ccc(Nc3ccc(Cl)nn3)cc2)sc2c1CCCCCC2. The van der Waals surface area contributed by atoms with E-state index >= 15 is 0 Å². The molecule has 34 heavy (non-hydrogen) atoms. The molecule has 0 radical (unpaired) electrons. The number of nitrogens with zero attached hydrogens (tertiary/aromatic N) is 2. The van der Waals surface area contributed by atoms with Gasteiger partial charge in [-0.2, -0.15) is 0 Å². The van der Waals surface area contributed by atoms with Crippen LogP contribution in [0, 0.1) is 0 Å². The van der Waals surface area contributed by atoms with Gasteiger partial charge in [-0.25, -0.2) is 4.79 Å². The van der Waals surface area contributed by atoms with Crippen LogP contribution in [0.3, 0.4) is 0 Å². The molecule has 2 aromatic heterocycles. The molecule has 0 amide bonds. The third kappa shape index (κ3) is 6.22. The Morgan fingerprint density at radius 3 is 2.47 bits per heavy atom. The molecule has 0 fully saturated rings. The molecule has 4 rings (SSSR count). The van der Waals surface area contributed by atoms with Crippen molar-refractivity contribution in [3.8, 4) is 0 Å². The quantitative estimate of drug-likeness (QED) is 0.250. The zero-order valence-corrected chi connectivity index (χ0v) is 21.2. The molecular weight excluding hydrogens is 490 g/mol. The first-order valence-corrected chi connectivity index (χ1v) is 12.9. The second-order valence-electron chi connectivity index (χ2n) is 7.87. The molecule has 0 aliphatic heterocycles. The van der Waals surface area contributed by atoms with E-state index in [1.54, 1.807) is 23.5 Å². The Labute approximate surface area is 213 Å². The molecule has 2 heterocycles. The number of aryl methyl sites for hydroxylation is 1. The maximum atomic E-state index is 12.8. The van der Waals surface area contributed by atoms with Crippen LogP contribution < -0.4 is 16.0 Å². The summed E-state index contributed by atoms with van der Waals surface area (Å²) in [5, 5.41) is 18.9. The van der Waals surface area contributed by atoms with Gasteiger partial charge in [-0.05, 0) is 86.8 Å². The van der Waals surface area contributed by atoms with E-state index < -0.39 is 0 Å². The third-order valence-electron chi connectivity index (χ3n) is 5.43. The molecule has 0 unspecified atom stereocenters. The van der Waals surface area contributed by atoms with Crippen LogP contribution >= 0.6 is 35.2 Å². The monoisotopic (exact) mass is 515 g/mol. The van der Waals surface area contributed by atoms with Crippen LogP contribution in [0.5, 0.6) is 0 Å². The van der Waals surface area contributed by atoms with Gasteiger partial charge in [-0.1, -0.05) is 24.4 Å². The average molecular weight is 516 g/mol. The Morgan fingerprint density at radius 2 is 1.76 bits per heavy atom. The minimum absolute atomic E-state index is 0.286. The fourth-order valence-electron chi connectivity index (χ4n) is 3.86. The Morgan fingerprint density at radius 1 is 1.03 bits per heavy atom. The molecule has 0 spiro atoms. The van der Waals surface area contributed by atoms with Crippen LogP contribution in [0.25, 0.3) is 0 Å². The molecule has 178 valence electrons. The lowest BCUT2D eigenvalue weighted by Gasteiger charge is -2.13. The van der Waals surface area contributed by atoms with Crippen LogP contribution in [-0.4, -0.2) is 27.9 Å². The summed E-state index contributed by atoms with van der Waals surface area (Å²) in [5.41, 5.74) is 3.42. The van der Waals surface area contributed by atoms with Gasteiger partial charge in [-0.3, -0.25) is 0 Å². The molecular formula is C24H26ClN5O2S2. The van der Waals surface area contributed by atoms with E-state index in [1.165, 1.54) is 17.7 Å². The molecule has 0 atom stereocenters. The van der Waals surface area contributed by atoms with Gasteiger partial charge in [0.15, 0.2) is 16.1 Å². The molecule has 0 saturated carbocycles. The number of halogens is 1. The number of benzene rings is 1. The van der Waals surface area contributed by atoms with E-state index in [2.05, 4.69) is 26.1 Å². The predicted molar refractivity (Wildman–Crippen MR) is 143 cm³/mol. The summed E-state index contributed by atoms with van der Waals surface area (Å²) in [6.07, 6.45) is 6.52. The van der Waals surface area contributed by atoms with Crippen molar-refractivity contribution in [1.82, 2.24) is 10.2 Å². The number of thiophene rings is 1. The number of carbonyl (C=O) groups is 1. The van der Waals surface area contributed by atoms with E-state index in [1.807, 2.05) is 31.2 Å². The molecule has 1 aliphatic carbocycles. The number of nitrogens with one attached hydrogen (secondary N) is 3. The van der Waals surface area contributed by atoms with Gasteiger partial charge in [0.05, 0.1) is 12.2 Å². The van der Waals surface area contributed by atoms with Crippen LogP contribution in [0.15, 0.2) is 36.4 Å². The van der Waals surface area contributed by atoms with E-state index in [4.69, 9.17) is 28.6 Å². The molecule has 10 heteroatoms. The number of anilines is 4. The summed E-state index contributed by atoms with van der Waals surface area (Å²) < 4.78 is 5.37. The Hall–Kier alpha value is -2.75. The summed E-state index contributed by atoms with van der Waals surface area (Å²) >= 11 is 12.9. The molecule has 7 nitrogen and oxygen atoms in total. The van der Waals surface area contributed by atoms with Gasteiger partial charge in [0.25, 0.3) is 0 Å². The van der Waals surface area contributed by atoms with Crippen molar-refractivity contribution in [3.63, 3.8) is 0 Å².